The fourth-order valence-electron chi connectivity index (χ4n) is 11.6. The summed E-state index contributed by atoms with van der Waals surface area (Å²) in [5, 5.41) is 224. The number of nitrogens with two attached hydrogens (primary N) is 1. The Balaban J connectivity index is 1.03. The molecule has 24 aliphatic heterocycles. The zero-order chi connectivity index (χ0) is 61.0. The molecule has 23 N–H and O–H groups in total. The highest BCUT2D eigenvalue weighted by atomic mass is 16.8. The van der Waals surface area contributed by atoms with Gasteiger partial charge in [0.1, 0.15) is 153 Å². The van der Waals surface area contributed by atoms with Crippen molar-refractivity contribution < 1.29 is 168 Å². The molecule has 14 bridgehead atoms. The third-order valence-electron chi connectivity index (χ3n) is 16.4. The molecular formula is C48H84N2O34. The molecule has 0 amide bonds. The van der Waals surface area contributed by atoms with Crippen molar-refractivity contribution in [3.63, 3.8) is 0 Å². The number of nitrogens with one attached hydrogen (secondary N) is 1. The highest BCUT2D eigenvalue weighted by molar-refractivity contribution is 5.01. The topological polar surface area (TPSA) is 572 Å². The molecule has 0 radical (unpaired) electrons. The second-order valence-corrected chi connectivity index (χ2v) is 21.9. The van der Waals surface area contributed by atoms with Gasteiger partial charge in [0, 0.05) is 32.2 Å². The van der Waals surface area contributed by atoms with E-state index in [9.17, 15) is 102 Å². The lowest BCUT2D eigenvalue weighted by Gasteiger charge is -2.50. The van der Waals surface area contributed by atoms with Gasteiger partial charge in [-0.2, -0.15) is 0 Å². The van der Waals surface area contributed by atoms with Gasteiger partial charge >= 0.3 is 0 Å². The number of fused-ring (bicyclic) bond motifs is 1. The highest BCUT2D eigenvalue weighted by Crippen LogP contribution is 2.39. The van der Waals surface area contributed by atoms with E-state index in [1.807, 2.05) is 0 Å². The van der Waals surface area contributed by atoms with Crippen LogP contribution in [0, 0.1) is 5.92 Å². The summed E-state index contributed by atoms with van der Waals surface area (Å²) in [7, 11) is 0. The van der Waals surface area contributed by atoms with Gasteiger partial charge < -0.3 is 179 Å². The van der Waals surface area contributed by atoms with E-state index in [1.165, 1.54) is 0 Å². The van der Waals surface area contributed by atoms with Crippen LogP contribution in [0.3, 0.4) is 0 Å². The normalized spacial score (nSPS) is 52.3. The molecule has 6 unspecified atom stereocenters. The Kier molecular flexibility index (Phi) is 24.9. The predicted molar refractivity (Wildman–Crippen MR) is 262 cm³/mol. The summed E-state index contributed by atoms with van der Waals surface area (Å²) in [5.74, 6) is -0.960. The van der Waals surface area contributed by atoms with Crippen molar-refractivity contribution in [3.05, 3.63) is 0 Å². The number of ether oxygens (including phenoxy) is 14. The Morgan fingerprint density at radius 3 is 0.857 bits per heavy atom. The lowest BCUT2D eigenvalue weighted by Crippen LogP contribution is -2.68. The van der Waals surface area contributed by atoms with E-state index in [0.717, 1.165) is 0 Å². The molecule has 0 saturated carbocycles. The number of rotatable bonds is 10. The number of aliphatic hydroxyl groups excluding tert-OH is 20. The fraction of sp³-hybridized carbons (Fsp3) is 1.00. The Bertz CT molecular complexity index is 1960. The summed E-state index contributed by atoms with van der Waals surface area (Å²) in [6.45, 7) is -5.63. The molecule has 0 aromatic heterocycles. The fourth-order valence-corrected chi connectivity index (χ4v) is 11.6. The molecule has 24 rings (SSSR count). The zero-order valence-electron chi connectivity index (χ0n) is 45.1. The van der Waals surface area contributed by atoms with E-state index in [4.69, 9.17) is 72.0 Å². The lowest BCUT2D eigenvalue weighted by atomic mass is 9.85. The first-order valence-electron chi connectivity index (χ1n) is 27.9. The monoisotopic (exact) mass is 1230 g/mol. The summed E-state index contributed by atoms with van der Waals surface area (Å²) < 4.78 is 81.1. The molecule has 490 valence electrons. The van der Waals surface area contributed by atoms with Gasteiger partial charge in [0.15, 0.2) is 44.0 Å². The third-order valence-corrected chi connectivity index (χ3v) is 16.4. The summed E-state index contributed by atoms with van der Waals surface area (Å²) >= 11 is 0. The second kappa shape index (κ2) is 30.6. The second-order valence-electron chi connectivity index (χ2n) is 21.9. The van der Waals surface area contributed by atoms with E-state index < -0.39 is 254 Å². The molecule has 24 heterocycles. The average Bonchev–Trinajstić information content (AvgIpc) is 3.59. The van der Waals surface area contributed by atoms with Crippen LogP contribution < -0.4 is 11.1 Å². The largest absolute Gasteiger partial charge is 0.394 e. The summed E-state index contributed by atoms with van der Waals surface area (Å²) in [6, 6.07) is 0. The highest BCUT2D eigenvalue weighted by Gasteiger charge is 2.59. The standard InChI is InChI=1S/C48H84N2O34/c49-4-5-50-7-15-36-23(58)30(65)42(72-15)71-6-2-1-3-14-16(8-51)73-43(29(64)22(14)57)80-37-17(9-52)75-45(32(67)25(37)60)82-39-19(11-54)77-47(34(69)27(39)62)84-41-21(13-56)78-48(35(70)28(41)63)83-40-20(12-55)76-46(33(68)26(40)61)81-38-18(10-53)74-44(79-36)31(66)24(38)59/h14-48,50-70H,1-13,49H2/t14-,15-,16-,17-,18-,19-,20-,21-,22+,23-,24-,25-,26-,27-,28-,29-,30-,31-,32-,33-,34-,35-,36?,37?,38?,39?,40?,41?,42+,43-,44-,45-,46-,47-,48-/m1/s1. The van der Waals surface area contributed by atoms with E-state index in [2.05, 4.69) is 5.32 Å². The number of hydrogen-bond donors (Lipinski definition) is 22. The van der Waals surface area contributed by atoms with Crippen LogP contribution >= 0.6 is 0 Å². The van der Waals surface area contributed by atoms with Crippen LogP contribution in [0.5, 0.6) is 0 Å². The van der Waals surface area contributed by atoms with Gasteiger partial charge in [0.05, 0.1) is 51.8 Å². The molecule has 24 fully saturated rings. The minimum atomic E-state index is -2.20. The first-order valence-corrected chi connectivity index (χ1v) is 27.9. The van der Waals surface area contributed by atoms with Gasteiger partial charge in [0.25, 0.3) is 0 Å². The molecule has 24 aliphatic rings. The molecule has 84 heavy (non-hydrogen) atoms. The van der Waals surface area contributed by atoms with Crippen molar-refractivity contribution >= 4 is 0 Å². The molecule has 0 aliphatic carbocycles. The Labute approximate surface area is 478 Å². The first-order chi connectivity index (χ1) is 40.2. The number of hydrogen-bond acceptors (Lipinski definition) is 36. The molecule has 0 aromatic rings. The first kappa shape index (κ1) is 68.5. The minimum Gasteiger partial charge on any atom is -0.394 e. The minimum absolute atomic E-state index is 0.0753. The van der Waals surface area contributed by atoms with Crippen molar-refractivity contribution in [3.8, 4) is 0 Å². The maximum Gasteiger partial charge on any atom is 0.187 e. The van der Waals surface area contributed by atoms with E-state index in [1.54, 1.807) is 0 Å². The van der Waals surface area contributed by atoms with Crippen molar-refractivity contribution in [2.45, 2.75) is 228 Å². The van der Waals surface area contributed by atoms with Crippen molar-refractivity contribution in [2.24, 2.45) is 11.7 Å². The molecule has 0 aromatic carbocycles. The summed E-state index contributed by atoms with van der Waals surface area (Å²) in [4.78, 5) is 0. The third kappa shape index (κ3) is 14.5. The lowest BCUT2D eigenvalue weighted by molar-refractivity contribution is -0.397. The molecule has 24 saturated heterocycles. The molecule has 36 heteroatoms. The van der Waals surface area contributed by atoms with Crippen molar-refractivity contribution in [1.29, 1.82) is 0 Å². The van der Waals surface area contributed by atoms with Gasteiger partial charge in [-0.1, -0.05) is 6.42 Å². The maximum absolute atomic E-state index is 11.5. The Morgan fingerprint density at radius 2 is 0.560 bits per heavy atom. The predicted octanol–water partition coefficient (Wildman–Crippen LogP) is -14.3. The SMILES string of the molecule is NCCNC[C@H]1O[C@@H]2OCCCC[C@H]3[C@H](O)[C@@H](O)[C@@H](OC4[C@@H](CO)O[C@H](OC5[C@@H](CO)O[C@H](OC6[C@@H](CO)O[C@H](OC7[C@@H](CO)O[C@H](OC8[C@@H](CO)O[C@H](OC1[C@H](O)[C@H]2O)[C@H](O)[C@H]8O)[C@H](O)[C@H]7O)[C@H](O)[C@H]6O)[C@H](O)[C@H]5O)[C@H](O)[C@H]4O)O[C@@H]3CO. The zero-order valence-corrected chi connectivity index (χ0v) is 45.1. The van der Waals surface area contributed by atoms with E-state index in [-0.39, 0.29) is 45.5 Å². The summed E-state index contributed by atoms with van der Waals surface area (Å²) in [5.41, 5.74) is 5.67. The molecule has 35 atom stereocenters. The molecular weight excluding hydrogens is 1150 g/mol. The van der Waals surface area contributed by atoms with Crippen LogP contribution in [0.2, 0.25) is 0 Å². The molecule has 0 spiro atoms. The summed E-state index contributed by atoms with van der Waals surface area (Å²) in [6.07, 6.45) is -63.0. The van der Waals surface area contributed by atoms with Crippen LogP contribution in [0.1, 0.15) is 19.3 Å². The van der Waals surface area contributed by atoms with Gasteiger partial charge in [-0.05, 0) is 12.8 Å². The van der Waals surface area contributed by atoms with E-state index in [0.29, 0.717) is 0 Å². The number of aliphatic hydroxyl groups is 20. The van der Waals surface area contributed by atoms with Gasteiger partial charge in [-0.15, -0.1) is 0 Å². The van der Waals surface area contributed by atoms with Crippen LogP contribution in [0.25, 0.3) is 0 Å². The van der Waals surface area contributed by atoms with Gasteiger partial charge in [-0.3, -0.25) is 0 Å². The maximum atomic E-state index is 11.5. The van der Waals surface area contributed by atoms with E-state index >= 15 is 0 Å². The quantitative estimate of drug-likeness (QED) is 0.0903. The smallest absolute Gasteiger partial charge is 0.187 e. The Morgan fingerprint density at radius 1 is 0.298 bits per heavy atom. The van der Waals surface area contributed by atoms with Crippen LogP contribution in [0.4, 0.5) is 0 Å². The van der Waals surface area contributed by atoms with Gasteiger partial charge in [0.2, 0.25) is 0 Å². The van der Waals surface area contributed by atoms with Crippen molar-refractivity contribution in [1.82, 2.24) is 5.32 Å². The average molecular weight is 1230 g/mol. The van der Waals surface area contributed by atoms with Gasteiger partial charge in [-0.25, -0.2) is 0 Å². The van der Waals surface area contributed by atoms with Crippen molar-refractivity contribution in [2.75, 3.05) is 65.9 Å². The van der Waals surface area contributed by atoms with Crippen LogP contribution in [0.15, 0.2) is 0 Å². The Hall–Kier alpha value is -1.44. The molecule has 36 nitrogen and oxygen atoms in total. The van der Waals surface area contributed by atoms with Crippen LogP contribution in [-0.4, -0.2) is 377 Å². The van der Waals surface area contributed by atoms with Crippen LogP contribution in [-0.2, 0) is 66.3 Å².